The first-order valence-electron chi connectivity index (χ1n) is 5.91. The van der Waals surface area contributed by atoms with Crippen LogP contribution in [0.1, 0.15) is 23.1 Å². The molecule has 2 rings (SSSR count). The van der Waals surface area contributed by atoms with E-state index < -0.39 is 5.97 Å². The van der Waals surface area contributed by atoms with Gasteiger partial charge in [-0.15, -0.1) is 5.10 Å². The molecular weight excluding hydrogens is 246 g/mol. The number of nitrogens with zero attached hydrogens (tertiary/aromatic N) is 3. The molecule has 0 unspecified atom stereocenters. The van der Waals surface area contributed by atoms with Gasteiger partial charge in [0.15, 0.2) is 5.69 Å². The van der Waals surface area contributed by atoms with Gasteiger partial charge in [-0.25, -0.2) is 9.48 Å². The van der Waals surface area contributed by atoms with Gasteiger partial charge in [0.05, 0.1) is 25.1 Å². The summed E-state index contributed by atoms with van der Waals surface area (Å²) in [5.74, 6) is 0.298. The van der Waals surface area contributed by atoms with Crippen molar-refractivity contribution in [3.05, 3.63) is 35.7 Å². The Hall–Kier alpha value is -2.37. The molecule has 0 aliphatic rings. The monoisotopic (exact) mass is 261 g/mol. The molecule has 0 N–H and O–H groups in total. The van der Waals surface area contributed by atoms with Crippen molar-refractivity contribution < 1.29 is 14.3 Å². The van der Waals surface area contributed by atoms with Gasteiger partial charge in [-0.2, -0.15) is 0 Å². The summed E-state index contributed by atoms with van der Waals surface area (Å²) < 4.78 is 11.6. The van der Waals surface area contributed by atoms with E-state index in [0.29, 0.717) is 12.3 Å². The molecule has 0 atom stereocenters. The van der Waals surface area contributed by atoms with Crippen molar-refractivity contribution in [2.45, 2.75) is 13.8 Å². The lowest BCUT2D eigenvalue weighted by molar-refractivity contribution is 0.0593. The van der Waals surface area contributed by atoms with Gasteiger partial charge in [0.25, 0.3) is 0 Å². The number of methoxy groups -OCH3 is 1. The largest absolute Gasteiger partial charge is 0.494 e. The van der Waals surface area contributed by atoms with Gasteiger partial charge >= 0.3 is 5.97 Å². The van der Waals surface area contributed by atoms with Crippen LogP contribution in [-0.4, -0.2) is 34.7 Å². The minimum Gasteiger partial charge on any atom is -0.494 e. The second-order valence-corrected chi connectivity index (χ2v) is 3.85. The third kappa shape index (κ3) is 2.57. The van der Waals surface area contributed by atoms with Crippen LogP contribution in [0.5, 0.6) is 5.75 Å². The van der Waals surface area contributed by atoms with E-state index in [1.165, 1.54) is 7.11 Å². The number of benzene rings is 1. The Morgan fingerprint density at radius 1 is 1.32 bits per heavy atom. The molecular formula is C13H15N3O3. The lowest BCUT2D eigenvalue weighted by Gasteiger charge is -2.06. The number of aromatic nitrogens is 3. The summed E-state index contributed by atoms with van der Waals surface area (Å²) in [5, 5.41) is 7.78. The lowest BCUT2D eigenvalue weighted by Crippen LogP contribution is -2.05. The normalized spacial score (nSPS) is 10.3. The van der Waals surface area contributed by atoms with E-state index in [4.69, 9.17) is 4.74 Å². The Labute approximate surface area is 110 Å². The van der Waals surface area contributed by atoms with Crippen molar-refractivity contribution in [1.29, 1.82) is 0 Å². The number of esters is 1. The fraction of sp³-hybridized carbons (Fsp3) is 0.308. The number of hydrogen-bond donors (Lipinski definition) is 0. The Morgan fingerprint density at radius 2 is 2.00 bits per heavy atom. The van der Waals surface area contributed by atoms with Crippen LogP contribution in [0.15, 0.2) is 24.3 Å². The van der Waals surface area contributed by atoms with Gasteiger partial charge in [0, 0.05) is 0 Å². The Kier molecular flexibility index (Phi) is 3.79. The molecule has 19 heavy (non-hydrogen) atoms. The van der Waals surface area contributed by atoms with Gasteiger partial charge in [-0.3, -0.25) is 0 Å². The van der Waals surface area contributed by atoms with E-state index in [9.17, 15) is 4.79 Å². The number of ether oxygens (including phenoxy) is 2. The van der Waals surface area contributed by atoms with Crippen LogP contribution in [0.25, 0.3) is 5.69 Å². The van der Waals surface area contributed by atoms with E-state index in [1.54, 1.807) is 11.6 Å². The maximum absolute atomic E-state index is 11.5. The number of carbonyl (C=O) groups is 1. The SMILES string of the molecule is CCOc1ccc(-n2nnc(C(=O)OC)c2C)cc1. The summed E-state index contributed by atoms with van der Waals surface area (Å²) in [6, 6.07) is 7.40. The second-order valence-electron chi connectivity index (χ2n) is 3.85. The van der Waals surface area contributed by atoms with Crippen LogP contribution >= 0.6 is 0 Å². The van der Waals surface area contributed by atoms with E-state index in [0.717, 1.165) is 11.4 Å². The fourth-order valence-electron chi connectivity index (χ4n) is 1.71. The third-order valence-corrected chi connectivity index (χ3v) is 2.67. The molecule has 2 aromatic rings. The summed E-state index contributed by atoms with van der Waals surface area (Å²) in [5.41, 5.74) is 1.66. The summed E-state index contributed by atoms with van der Waals surface area (Å²) in [6.07, 6.45) is 0. The van der Waals surface area contributed by atoms with Crippen molar-refractivity contribution in [3.63, 3.8) is 0 Å². The van der Waals surface area contributed by atoms with Crippen molar-refractivity contribution in [1.82, 2.24) is 15.0 Å². The summed E-state index contributed by atoms with van der Waals surface area (Å²) in [4.78, 5) is 11.5. The first kappa shape index (κ1) is 13.1. The topological polar surface area (TPSA) is 66.2 Å². The molecule has 6 heteroatoms. The number of hydrogen-bond acceptors (Lipinski definition) is 5. The summed E-state index contributed by atoms with van der Waals surface area (Å²) in [7, 11) is 1.32. The molecule has 1 heterocycles. The smallest absolute Gasteiger partial charge is 0.360 e. The maximum Gasteiger partial charge on any atom is 0.360 e. The molecule has 0 fully saturated rings. The Bertz CT molecular complexity index is 575. The van der Waals surface area contributed by atoms with Crippen molar-refractivity contribution >= 4 is 5.97 Å². The average Bonchev–Trinajstić information content (AvgIpc) is 2.81. The molecule has 0 aliphatic carbocycles. The fourth-order valence-corrected chi connectivity index (χ4v) is 1.71. The summed E-state index contributed by atoms with van der Waals surface area (Å²) in [6.45, 7) is 4.31. The number of rotatable bonds is 4. The Morgan fingerprint density at radius 3 is 2.58 bits per heavy atom. The Balaban J connectivity index is 2.32. The molecule has 0 spiro atoms. The highest BCUT2D eigenvalue weighted by molar-refractivity contribution is 5.88. The average molecular weight is 261 g/mol. The van der Waals surface area contributed by atoms with E-state index in [2.05, 4.69) is 15.0 Å². The molecule has 1 aromatic carbocycles. The van der Waals surface area contributed by atoms with Crippen LogP contribution < -0.4 is 4.74 Å². The van der Waals surface area contributed by atoms with Crippen molar-refractivity contribution in [2.75, 3.05) is 13.7 Å². The first-order valence-corrected chi connectivity index (χ1v) is 5.91. The van der Waals surface area contributed by atoms with Gasteiger partial charge in [-0.1, -0.05) is 5.21 Å². The van der Waals surface area contributed by atoms with Crippen molar-refractivity contribution in [3.8, 4) is 11.4 Å². The van der Waals surface area contributed by atoms with Gasteiger partial charge in [-0.05, 0) is 38.1 Å². The molecule has 1 aromatic heterocycles. The molecule has 0 saturated heterocycles. The van der Waals surface area contributed by atoms with Crippen LogP contribution in [0, 0.1) is 6.92 Å². The standard InChI is InChI=1S/C13H15N3O3/c1-4-19-11-7-5-10(6-8-11)16-9(2)12(14-15-16)13(17)18-3/h5-8H,4H2,1-3H3. The quantitative estimate of drug-likeness (QED) is 0.784. The van der Waals surface area contributed by atoms with Crippen LogP contribution in [0.4, 0.5) is 0 Å². The lowest BCUT2D eigenvalue weighted by atomic mass is 10.3. The predicted molar refractivity (Wildman–Crippen MR) is 68.6 cm³/mol. The first-order chi connectivity index (χ1) is 9.17. The molecule has 0 radical (unpaired) electrons. The van der Waals surface area contributed by atoms with Crippen LogP contribution in [0.3, 0.4) is 0 Å². The zero-order valence-corrected chi connectivity index (χ0v) is 11.1. The zero-order valence-electron chi connectivity index (χ0n) is 11.1. The molecule has 0 amide bonds. The van der Waals surface area contributed by atoms with E-state index >= 15 is 0 Å². The molecule has 0 saturated carbocycles. The summed E-state index contributed by atoms with van der Waals surface area (Å²) >= 11 is 0. The maximum atomic E-state index is 11.5. The molecule has 0 aliphatic heterocycles. The van der Waals surface area contributed by atoms with Gasteiger partial charge < -0.3 is 9.47 Å². The van der Waals surface area contributed by atoms with Crippen LogP contribution in [0.2, 0.25) is 0 Å². The molecule has 6 nitrogen and oxygen atoms in total. The third-order valence-electron chi connectivity index (χ3n) is 2.67. The zero-order chi connectivity index (χ0) is 13.8. The minimum atomic E-state index is -0.491. The molecule has 0 bridgehead atoms. The van der Waals surface area contributed by atoms with Gasteiger partial charge in [0.2, 0.25) is 0 Å². The highest BCUT2D eigenvalue weighted by Crippen LogP contribution is 2.17. The van der Waals surface area contributed by atoms with Crippen molar-refractivity contribution in [2.24, 2.45) is 0 Å². The van der Waals surface area contributed by atoms with Crippen LogP contribution in [-0.2, 0) is 4.74 Å². The van der Waals surface area contributed by atoms with E-state index in [-0.39, 0.29) is 5.69 Å². The number of carbonyl (C=O) groups excluding carboxylic acids is 1. The predicted octanol–water partition coefficient (Wildman–Crippen LogP) is 1.76. The second kappa shape index (κ2) is 5.51. The van der Waals surface area contributed by atoms with Gasteiger partial charge in [0.1, 0.15) is 5.75 Å². The van der Waals surface area contributed by atoms with E-state index in [1.807, 2.05) is 31.2 Å². The minimum absolute atomic E-state index is 0.219. The highest BCUT2D eigenvalue weighted by Gasteiger charge is 2.17. The highest BCUT2D eigenvalue weighted by atomic mass is 16.5. The molecule has 100 valence electrons.